The SMILES string of the molecule is CC1(C)S[C@H]2N(C(=O)[C@@]2(N)NC(=O)C(NC(=O)OCc2ccc([N+](=O)[O-])cc2)c2ccc(OC(=O)OCc3ccccc3)cc2)[C@H]1C(=O)OCc1ccccc1. The number of hydrogen-bond acceptors (Lipinski definition) is 13. The molecule has 0 spiro atoms. The van der Waals surface area contributed by atoms with Crippen LogP contribution in [0.3, 0.4) is 0 Å². The normalized spacial score (nSPS) is 19.7. The lowest BCUT2D eigenvalue weighted by molar-refractivity contribution is -0.384. The quantitative estimate of drug-likeness (QED) is 0.0314. The number of thioether (sulfide) groups is 1. The van der Waals surface area contributed by atoms with E-state index in [9.17, 15) is 34.1 Å². The Morgan fingerprint density at radius 3 is 1.96 bits per heavy atom. The number of nitro groups is 1. The number of nitrogens with zero attached hydrogens (tertiary/aromatic N) is 2. The Morgan fingerprint density at radius 1 is 0.821 bits per heavy atom. The van der Waals surface area contributed by atoms with Crippen molar-refractivity contribution in [3.05, 3.63) is 142 Å². The van der Waals surface area contributed by atoms with Crippen LogP contribution in [0.1, 0.15) is 42.1 Å². The van der Waals surface area contributed by atoms with Gasteiger partial charge < -0.3 is 34.5 Å². The number of benzene rings is 4. The fourth-order valence-corrected chi connectivity index (χ4v) is 7.75. The van der Waals surface area contributed by atoms with Crippen LogP contribution < -0.4 is 21.1 Å². The summed E-state index contributed by atoms with van der Waals surface area (Å²) in [6.07, 6.45) is -2.01. The minimum absolute atomic E-state index is 0.000462. The van der Waals surface area contributed by atoms with Crippen LogP contribution in [0, 0.1) is 10.1 Å². The molecule has 16 nitrogen and oxygen atoms in total. The van der Waals surface area contributed by atoms with Crippen LogP contribution in [-0.4, -0.2) is 61.7 Å². The first kappa shape index (κ1) is 39.2. The predicted octanol–water partition coefficient (Wildman–Crippen LogP) is 4.85. The molecule has 0 aromatic heterocycles. The van der Waals surface area contributed by atoms with Crippen molar-refractivity contribution < 1.29 is 47.8 Å². The summed E-state index contributed by atoms with van der Waals surface area (Å²) in [6, 6.07) is 26.4. The molecule has 4 aromatic rings. The Morgan fingerprint density at radius 2 is 1.38 bits per heavy atom. The van der Waals surface area contributed by atoms with Crippen LogP contribution in [0.4, 0.5) is 15.3 Å². The van der Waals surface area contributed by atoms with Crippen molar-refractivity contribution in [1.29, 1.82) is 0 Å². The molecule has 2 aliphatic rings. The summed E-state index contributed by atoms with van der Waals surface area (Å²) in [4.78, 5) is 78.2. The lowest BCUT2D eigenvalue weighted by Gasteiger charge is -2.51. The van der Waals surface area contributed by atoms with Crippen LogP contribution >= 0.6 is 11.8 Å². The van der Waals surface area contributed by atoms with Gasteiger partial charge in [0.25, 0.3) is 11.6 Å². The smallest absolute Gasteiger partial charge is 0.459 e. The minimum Gasteiger partial charge on any atom is -0.459 e. The molecule has 3 amide bonds. The molecule has 0 saturated carbocycles. The van der Waals surface area contributed by atoms with Gasteiger partial charge in [0.05, 0.1) is 4.92 Å². The fraction of sp³-hybridized carbons (Fsp3) is 0.256. The van der Waals surface area contributed by atoms with Crippen molar-refractivity contribution in [2.24, 2.45) is 5.73 Å². The van der Waals surface area contributed by atoms with E-state index in [2.05, 4.69) is 10.6 Å². The number of rotatable bonds is 13. The number of esters is 1. The first-order valence-electron chi connectivity index (χ1n) is 17.2. The van der Waals surface area contributed by atoms with Gasteiger partial charge in [0.1, 0.15) is 43.0 Å². The minimum atomic E-state index is -1.97. The van der Waals surface area contributed by atoms with E-state index in [1.807, 2.05) is 24.3 Å². The number of nitrogens with one attached hydrogen (secondary N) is 2. The first-order valence-corrected chi connectivity index (χ1v) is 18.1. The maximum atomic E-state index is 14.0. The number of carbonyl (C=O) groups is 5. The molecule has 0 radical (unpaired) electrons. The molecule has 2 saturated heterocycles. The monoisotopic (exact) mass is 783 g/mol. The van der Waals surface area contributed by atoms with E-state index in [-0.39, 0.29) is 36.8 Å². The number of amides is 3. The summed E-state index contributed by atoms with van der Waals surface area (Å²) < 4.78 is 20.4. The summed E-state index contributed by atoms with van der Waals surface area (Å²) >= 11 is 1.22. The number of fused-ring (bicyclic) bond motifs is 1. The van der Waals surface area contributed by atoms with Crippen LogP contribution in [0.25, 0.3) is 0 Å². The number of β-lactam (4-membered cyclic amide) rings is 1. The molecule has 4 atom stereocenters. The van der Waals surface area contributed by atoms with Crippen LogP contribution in [-0.2, 0) is 48.4 Å². The third kappa shape index (κ3) is 8.74. The molecule has 56 heavy (non-hydrogen) atoms. The lowest BCUT2D eigenvalue weighted by Crippen LogP contribution is -2.84. The highest BCUT2D eigenvalue weighted by molar-refractivity contribution is 8.01. The van der Waals surface area contributed by atoms with Crippen molar-refractivity contribution in [2.45, 2.75) is 61.5 Å². The van der Waals surface area contributed by atoms with E-state index in [0.717, 1.165) is 11.1 Å². The molecule has 17 heteroatoms. The molecule has 1 unspecified atom stereocenters. The summed E-state index contributed by atoms with van der Waals surface area (Å²) in [5.74, 6) is -2.18. The van der Waals surface area contributed by atoms with Crippen LogP contribution in [0.15, 0.2) is 109 Å². The Bertz CT molecular complexity index is 2100. The summed E-state index contributed by atoms with van der Waals surface area (Å²) in [7, 11) is 0. The van der Waals surface area contributed by atoms with E-state index >= 15 is 0 Å². The number of non-ortho nitro benzene ring substituents is 1. The zero-order valence-corrected chi connectivity index (χ0v) is 30.9. The van der Waals surface area contributed by atoms with Gasteiger partial charge in [-0.2, -0.15) is 0 Å². The number of carbonyl (C=O) groups excluding carboxylic acids is 5. The molecule has 2 aliphatic heterocycles. The van der Waals surface area contributed by atoms with Gasteiger partial charge in [0.15, 0.2) is 5.66 Å². The van der Waals surface area contributed by atoms with Gasteiger partial charge in [-0.1, -0.05) is 72.8 Å². The molecule has 4 N–H and O–H groups in total. The highest BCUT2D eigenvalue weighted by Crippen LogP contribution is 2.53. The van der Waals surface area contributed by atoms with Crippen molar-refractivity contribution in [3.63, 3.8) is 0 Å². The highest BCUT2D eigenvalue weighted by atomic mass is 32.2. The zero-order chi connectivity index (χ0) is 40.0. The van der Waals surface area contributed by atoms with Crippen molar-refractivity contribution in [1.82, 2.24) is 15.5 Å². The van der Waals surface area contributed by atoms with Gasteiger partial charge in [-0.3, -0.25) is 25.4 Å². The molecule has 2 fully saturated rings. The van der Waals surface area contributed by atoms with E-state index in [1.165, 1.54) is 65.2 Å². The van der Waals surface area contributed by atoms with Crippen molar-refractivity contribution >= 4 is 47.5 Å². The maximum absolute atomic E-state index is 14.0. The zero-order valence-electron chi connectivity index (χ0n) is 30.1. The molecule has 2 heterocycles. The second-order valence-corrected chi connectivity index (χ2v) is 15.1. The first-order chi connectivity index (χ1) is 26.7. The number of hydrogen-bond donors (Lipinski definition) is 3. The Hall–Kier alpha value is -6.46. The average molecular weight is 784 g/mol. The Labute approximate surface area is 324 Å². The highest BCUT2D eigenvalue weighted by Gasteiger charge is 2.71. The summed E-state index contributed by atoms with van der Waals surface area (Å²) in [5.41, 5.74) is 6.61. The number of ether oxygens (including phenoxy) is 4. The van der Waals surface area contributed by atoms with E-state index < -0.39 is 62.8 Å². The van der Waals surface area contributed by atoms with Crippen LogP contribution in [0.5, 0.6) is 5.75 Å². The third-order valence-electron chi connectivity index (χ3n) is 9.02. The number of nitrogens with two attached hydrogens (primary N) is 1. The number of alkyl carbamates (subject to hydrolysis) is 1. The number of nitro benzene ring substituents is 1. The van der Waals surface area contributed by atoms with Crippen LogP contribution in [0.2, 0.25) is 0 Å². The summed E-state index contributed by atoms with van der Waals surface area (Å²) in [6.45, 7) is 3.23. The molecule has 0 bridgehead atoms. The van der Waals surface area contributed by atoms with Gasteiger partial charge in [-0.25, -0.2) is 14.4 Å². The molecule has 4 aromatic carbocycles. The maximum Gasteiger partial charge on any atom is 0.514 e. The largest absolute Gasteiger partial charge is 0.514 e. The second kappa shape index (κ2) is 16.5. The summed E-state index contributed by atoms with van der Waals surface area (Å²) in [5, 5.41) is 15.2. The molecular formula is C39H37N5O11S. The van der Waals surface area contributed by atoms with Gasteiger partial charge in [-0.15, -0.1) is 11.8 Å². The lowest BCUT2D eigenvalue weighted by atomic mass is 9.91. The predicted molar refractivity (Wildman–Crippen MR) is 200 cm³/mol. The molecular weight excluding hydrogens is 747 g/mol. The van der Waals surface area contributed by atoms with Gasteiger partial charge in [0, 0.05) is 16.9 Å². The van der Waals surface area contributed by atoms with Gasteiger partial charge >= 0.3 is 18.2 Å². The van der Waals surface area contributed by atoms with Crippen molar-refractivity contribution in [2.75, 3.05) is 0 Å². The molecule has 6 rings (SSSR count). The third-order valence-corrected chi connectivity index (χ3v) is 10.7. The Balaban J connectivity index is 1.15. The van der Waals surface area contributed by atoms with Gasteiger partial charge in [0.2, 0.25) is 5.91 Å². The standard InChI is InChI=1S/C39H37N5O11S/c1-38(2)31(33(46)52-21-24-9-5-3-6-10-24)43-34(47)39(40,35(43)56-38)42-32(45)30(41-36(48)53-22-26-13-17-28(18-14-26)44(50)51)27-15-19-29(20-16-27)55-37(49)54-23-25-11-7-4-8-12-25/h3-20,30-31,35H,21-23,40H2,1-2H3,(H,41,48)(H,42,45)/t30?,31-,35+,39+/m0/s1. The second-order valence-electron chi connectivity index (χ2n) is 13.4. The topological polar surface area (TPSA) is 219 Å². The van der Waals surface area contributed by atoms with E-state index in [4.69, 9.17) is 24.7 Å². The van der Waals surface area contributed by atoms with Gasteiger partial charge in [-0.05, 0) is 60.4 Å². The van der Waals surface area contributed by atoms with E-state index in [1.54, 1.807) is 50.2 Å². The van der Waals surface area contributed by atoms with Crippen molar-refractivity contribution in [3.8, 4) is 5.75 Å². The molecule has 290 valence electrons. The van der Waals surface area contributed by atoms with E-state index in [0.29, 0.717) is 5.56 Å². The average Bonchev–Trinajstić information content (AvgIpc) is 3.47. The fourth-order valence-electron chi connectivity index (χ4n) is 6.16. The molecule has 0 aliphatic carbocycles. The Kier molecular flexibility index (Phi) is 11.6.